The van der Waals surface area contributed by atoms with Crippen LogP contribution in [0.15, 0.2) is 18.3 Å². The van der Waals surface area contributed by atoms with Gasteiger partial charge < -0.3 is 5.11 Å². The molecule has 3 heteroatoms. The number of carboxylic acid groups (broad SMARTS) is 1. The molecule has 1 aromatic heterocycles. The first kappa shape index (κ1) is 11.6. The van der Waals surface area contributed by atoms with Gasteiger partial charge in [-0.3, -0.25) is 0 Å². The summed E-state index contributed by atoms with van der Waals surface area (Å²) in [5.41, 5.74) is 0.817. The van der Waals surface area contributed by atoms with E-state index in [0.29, 0.717) is 5.56 Å². The van der Waals surface area contributed by atoms with Crippen molar-refractivity contribution >= 4 is 5.97 Å². The van der Waals surface area contributed by atoms with E-state index in [2.05, 4.69) is 18.8 Å². The number of aromatic nitrogens is 1. The molecule has 1 heterocycles. The SMILES string of the molecule is CCC.Cc1cccnc1C(=O)O. The number of aryl methyl sites for hydroxylation is 1. The van der Waals surface area contributed by atoms with E-state index in [-0.39, 0.29) is 5.69 Å². The average Bonchev–Trinajstić information content (AvgIpc) is 2.06. The Labute approximate surface area is 78.4 Å². The minimum atomic E-state index is -0.974. The monoisotopic (exact) mass is 181 g/mol. The van der Waals surface area contributed by atoms with Gasteiger partial charge in [0.05, 0.1) is 0 Å². The summed E-state index contributed by atoms with van der Waals surface area (Å²) >= 11 is 0. The fourth-order valence-corrected chi connectivity index (χ4v) is 0.710. The Hall–Kier alpha value is -1.38. The van der Waals surface area contributed by atoms with Crippen molar-refractivity contribution in [3.8, 4) is 0 Å². The van der Waals surface area contributed by atoms with Gasteiger partial charge in [-0.15, -0.1) is 0 Å². The Morgan fingerprint density at radius 2 is 2.08 bits per heavy atom. The zero-order valence-corrected chi connectivity index (χ0v) is 8.24. The van der Waals surface area contributed by atoms with Gasteiger partial charge in [0, 0.05) is 6.20 Å². The standard InChI is InChI=1S/C7H7NO2.C3H8/c1-5-3-2-4-8-6(5)7(9)10;1-3-2/h2-4H,1H3,(H,9,10);3H2,1-2H3. The van der Waals surface area contributed by atoms with Crippen LogP contribution < -0.4 is 0 Å². The van der Waals surface area contributed by atoms with Crippen LogP contribution >= 0.6 is 0 Å². The zero-order chi connectivity index (χ0) is 10.3. The number of hydrogen-bond donors (Lipinski definition) is 1. The van der Waals surface area contributed by atoms with Crippen LogP contribution in [-0.4, -0.2) is 16.1 Å². The minimum Gasteiger partial charge on any atom is -0.477 e. The largest absolute Gasteiger partial charge is 0.477 e. The molecule has 0 aliphatic rings. The molecule has 13 heavy (non-hydrogen) atoms. The molecule has 0 aromatic carbocycles. The van der Waals surface area contributed by atoms with Crippen molar-refractivity contribution in [3.05, 3.63) is 29.6 Å². The van der Waals surface area contributed by atoms with E-state index in [1.54, 1.807) is 19.1 Å². The maximum absolute atomic E-state index is 10.4. The van der Waals surface area contributed by atoms with Crippen molar-refractivity contribution in [1.82, 2.24) is 4.98 Å². The highest BCUT2D eigenvalue weighted by molar-refractivity contribution is 5.86. The van der Waals surface area contributed by atoms with Gasteiger partial charge in [0.25, 0.3) is 0 Å². The number of hydrogen-bond acceptors (Lipinski definition) is 2. The molecule has 0 fully saturated rings. The van der Waals surface area contributed by atoms with Crippen LogP contribution in [0.25, 0.3) is 0 Å². The van der Waals surface area contributed by atoms with Crippen molar-refractivity contribution in [2.24, 2.45) is 0 Å². The van der Waals surface area contributed by atoms with Crippen LogP contribution in [0.4, 0.5) is 0 Å². The second-order valence-electron chi connectivity index (χ2n) is 2.68. The molecule has 0 spiro atoms. The molecule has 0 unspecified atom stereocenters. The molecule has 0 saturated carbocycles. The van der Waals surface area contributed by atoms with Gasteiger partial charge in [0.2, 0.25) is 0 Å². The van der Waals surface area contributed by atoms with Crippen molar-refractivity contribution in [2.45, 2.75) is 27.2 Å². The topological polar surface area (TPSA) is 50.2 Å². The van der Waals surface area contributed by atoms with Crippen molar-refractivity contribution in [1.29, 1.82) is 0 Å². The molecule has 0 bridgehead atoms. The number of aromatic carboxylic acids is 1. The minimum absolute atomic E-state index is 0.127. The number of carbonyl (C=O) groups is 1. The summed E-state index contributed by atoms with van der Waals surface area (Å²) in [5, 5.41) is 8.50. The molecule has 1 aromatic rings. The Bertz CT molecular complexity index is 271. The van der Waals surface area contributed by atoms with Gasteiger partial charge >= 0.3 is 5.97 Å². The quantitative estimate of drug-likeness (QED) is 0.724. The van der Waals surface area contributed by atoms with E-state index < -0.39 is 5.97 Å². The molecule has 0 amide bonds. The maximum atomic E-state index is 10.4. The van der Waals surface area contributed by atoms with E-state index in [0.717, 1.165) is 0 Å². The van der Waals surface area contributed by atoms with E-state index in [9.17, 15) is 4.79 Å². The van der Waals surface area contributed by atoms with E-state index in [1.807, 2.05) is 0 Å². The van der Waals surface area contributed by atoms with Crippen molar-refractivity contribution in [3.63, 3.8) is 0 Å². The molecule has 0 aliphatic heterocycles. The third-order valence-electron chi connectivity index (χ3n) is 1.21. The molecular formula is C10H15NO2. The summed E-state index contributed by atoms with van der Waals surface area (Å²) in [5.74, 6) is -0.974. The predicted octanol–water partition coefficient (Wildman–Crippen LogP) is 2.50. The van der Waals surface area contributed by atoms with Gasteiger partial charge in [-0.25, -0.2) is 9.78 Å². The second kappa shape index (κ2) is 6.17. The van der Waals surface area contributed by atoms with E-state index in [4.69, 9.17) is 5.11 Å². The molecule has 1 rings (SSSR count). The molecule has 0 saturated heterocycles. The number of rotatable bonds is 1. The summed E-state index contributed by atoms with van der Waals surface area (Å²) in [6, 6.07) is 3.43. The number of pyridine rings is 1. The predicted molar refractivity (Wildman–Crippen MR) is 51.9 cm³/mol. The Balaban J connectivity index is 0.000000424. The summed E-state index contributed by atoms with van der Waals surface area (Å²) in [6.45, 7) is 5.97. The lowest BCUT2D eigenvalue weighted by Crippen LogP contribution is -2.01. The first-order valence-electron chi connectivity index (χ1n) is 4.28. The second-order valence-corrected chi connectivity index (χ2v) is 2.68. The summed E-state index contributed by atoms with van der Waals surface area (Å²) in [4.78, 5) is 14.0. The number of nitrogens with zero attached hydrogens (tertiary/aromatic N) is 1. The fraction of sp³-hybridized carbons (Fsp3) is 0.400. The molecule has 0 atom stereocenters. The van der Waals surface area contributed by atoms with Crippen LogP contribution in [-0.2, 0) is 0 Å². The van der Waals surface area contributed by atoms with Gasteiger partial charge in [0.15, 0.2) is 5.69 Å². The Morgan fingerprint density at radius 3 is 2.38 bits per heavy atom. The summed E-state index contributed by atoms with van der Waals surface area (Å²) in [6.07, 6.45) is 2.72. The Kier molecular flexibility index (Phi) is 5.52. The normalized spacial score (nSPS) is 8.54. The lowest BCUT2D eigenvalue weighted by Gasteiger charge is -1.95. The highest BCUT2D eigenvalue weighted by atomic mass is 16.4. The lowest BCUT2D eigenvalue weighted by molar-refractivity contribution is 0.0689. The maximum Gasteiger partial charge on any atom is 0.354 e. The molecule has 3 nitrogen and oxygen atoms in total. The van der Waals surface area contributed by atoms with E-state index in [1.165, 1.54) is 12.6 Å². The van der Waals surface area contributed by atoms with Crippen LogP contribution in [0.1, 0.15) is 36.3 Å². The highest BCUT2D eigenvalue weighted by Crippen LogP contribution is 2.01. The zero-order valence-electron chi connectivity index (χ0n) is 8.24. The third-order valence-corrected chi connectivity index (χ3v) is 1.21. The first-order valence-corrected chi connectivity index (χ1v) is 4.28. The van der Waals surface area contributed by atoms with Crippen molar-refractivity contribution in [2.75, 3.05) is 0 Å². The van der Waals surface area contributed by atoms with Gasteiger partial charge in [-0.2, -0.15) is 0 Å². The van der Waals surface area contributed by atoms with Crippen LogP contribution in [0.3, 0.4) is 0 Å². The van der Waals surface area contributed by atoms with Gasteiger partial charge in [-0.05, 0) is 18.6 Å². The van der Waals surface area contributed by atoms with Crippen LogP contribution in [0.5, 0.6) is 0 Å². The van der Waals surface area contributed by atoms with Crippen LogP contribution in [0.2, 0.25) is 0 Å². The molecule has 0 aliphatic carbocycles. The first-order chi connectivity index (χ1) is 6.13. The van der Waals surface area contributed by atoms with Gasteiger partial charge in [-0.1, -0.05) is 26.3 Å². The van der Waals surface area contributed by atoms with Crippen molar-refractivity contribution < 1.29 is 9.90 Å². The van der Waals surface area contributed by atoms with E-state index >= 15 is 0 Å². The third kappa shape index (κ3) is 4.25. The molecule has 1 N–H and O–H groups in total. The highest BCUT2D eigenvalue weighted by Gasteiger charge is 2.05. The summed E-state index contributed by atoms with van der Waals surface area (Å²) in [7, 11) is 0. The number of carboxylic acids is 1. The lowest BCUT2D eigenvalue weighted by atomic mass is 10.2. The molecule has 0 radical (unpaired) electrons. The van der Waals surface area contributed by atoms with Crippen LogP contribution in [0, 0.1) is 6.92 Å². The summed E-state index contributed by atoms with van der Waals surface area (Å²) < 4.78 is 0. The van der Waals surface area contributed by atoms with Gasteiger partial charge in [0.1, 0.15) is 0 Å². The molecular weight excluding hydrogens is 166 g/mol. The fourth-order valence-electron chi connectivity index (χ4n) is 0.710. The Morgan fingerprint density at radius 1 is 1.54 bits per heavy atom. The smallest absolute Gasteiger partial charge is 0.354 e. The average molecular weight is 181 g/mol. The molecule has 72 valence electrons.